The van der Waals surface area contributed by atoms with Crippen molar-refractivity contribution in [2.24, 2.45) is 0 Å². The second-order valence-corrected chi connectivity index (χ2v) is 2.55. The molecule has 62 valence electrons. The van der Waals surface area contributed by atoms with Gasteiger partial charge in [-0.15, -0.1) is 0 Å². The lowest BCUT2D eigenvalue weighted by atomic mass is 10.0. The third-order valence-electron chi connectivity index (χ3n) is 1.54. The molecule has 10 heavy (non-hydrogen) atoms. The fourth-order valence-corrected chi connectivity index (χ4v) is 0.861. The molecule has 0 aliphatic carbocycles. The molecule has 0 radical (unpaired) electrons. The Bertz CT molecular complexity index is 90.9. The highest BCUT2D eigenvalue weighted by Gasteiger charge is 2.29. The van der Waals surface area contributed by atoms with E-state index in [1.165, 1.54) is 0 Å². The van der Waals surface area contributed by atoms with Crippen LogP contribution in [0.3, 0.4) is 0 Å². The Hall–Kier alpha value is -0.120. The van der Waals surface area contributed by atoms with E-state index in [4.69, 9.17) is 15.3 Å². The molecule has 0 bridgehead atoms. The predicted octanol–water partition coefficient (Wildman–Crippen LogP) is 0.238. The Morgan fingerprint density at radius 2 is 1.80 bits per heavy atom. The van der Waals surface area contributed by atoms with E-state index in [2.05, 4.69) is 0 Å². The summed E-state index contributed by atoms with van der Waals surface area (Å²) in [6.07, 6.45) is 0.228. The minimum absolute atomic E-state index is 0.224. The maximum absolute atomic E-state index is 9.09. The summed E-state index contributed by atoms with van der Waals surface area (Å²) in [6, 6.07) is 0. The zero-order chi connectivity index (χ0) is 8.20. The van der Waals surface area contributed by atoms with Crippen LogP contribution in [0.15, 0.2) is 0 Å². The first kappa shape index (κ1) is 9.88. The molecule has 3 heteroatoms. The van der Waals surface area contributed by atoms with Crippen LogP contribution in [0.5, 0.6) is 0 Å². The second-order valence-electron chi connectivity index (χ2n) is 2.55. The third-order valence-corrected chi connectivity index (χ3v) is 1.54. The van der Waals surface area contributed by atoms with Gasteiger partial charge < -0.3 is 15.3 Å². The molecule has 0 aromatic rings. The highest BCUT2D eigenvalue weighted by Crippen LogP contribution is 2.15. The summed E-state index contributed by atoms with van der Waals surface area (Å²) in [5.41, 5.74) is 0. The molecule has 0 aromatic carbocycles. The average Bonchev–Trinajstić information content (AvgIpc) is 1.86. The lowest BCUT2D eigenvalue weighted by molar-refractivity contribution is -0.229. The van der Waals surface area contributed by atoms with Gasteiger partial charge in [0.1, 0.15) is 6.10 Å². The van der Waals surface area contributed by atoms with Crippen molar-refractivity contribution in [2.45, 2.75) is 45.0 Å². The number of hydrogen-bond donors (Lipinski definition) is 3. The molecular formula is C7H16O3. The van der Waals surface area contributed by atoms with E-state index >= 15 is 0 Å². The topological polar surface area (TPSA) is 60.7 Å². The molecule has 1 unspecified atom stereocenters. The van der Waals surface area contributed by atoms with Crippen LogP contribution in [-0.4, -0.2) is 27.2 Å². The Morgan fingerprint density at radius 1 is 1.30 bits per heavy atom. The maximum Gasteiger partial charge on any atom is 0.189 e. The van der Waals surface area contributed by atoms with Gasteiger partial charge in [0.25, 0.3) is 0 Å². The van der Waals surface area contributed by atoms with E-state index in [9.17, 15) is 0 Å². The van der Waals surface area contributed by atoms with Crippen LogP contribution in [0, 0.1) is 0 Å². The van der Waals surface area contributed by atoms with Crippen molar-refractivity contribution in [3.8, 4) is 0 Å². The van der Waals surface area contributed by atoms with E-state index in [0.29, 0.717) is 12.8 Å². The van der Waals surface area contributed by atoms with Crippen LogP contribution in [0.1, 0.15) is 33.1 Å². The van der Waals surface area contributed by atoms with Crippen molar-refractivity contribution in [3.63, 3.8) is 0 Å². The first-order valence-corrected chi connectivity index (χ1v) is 3.67. The molecular weight excluding hydrogens is 132 g/mol. The van der Waals surface area contributed by atoms with Gasteiger partial charge in [0.2, 0.25) is 0 Å². The Kier molecular flexibility index (Phi) is 3.86. The van der Waals surface area contributed by atoms with Crippen LogP contribution in [0.2, 0.25) is 0 Å². The smallest absolute Gasteiger partial charge is 0.189 e. The molecule has 0 saturated heterocycles. The van der Waals surface area contributed by atoms with Crippen LogP contribution in [-0.2, 0) is 0 Å². The van der Waals surface area contributed by atoms with Gasteiger partial charge >= 0.3 is 0 Å². The molecule has 0 fully saturated rings. The molecule has 0 aliphatic heterocycles. The number of rotatable bonds is 4. The molecule has 0 aromatic heterocycles. The van der Waals surface area contributed by atoms with E-state index in [-0.39, 0.29) is 6.42 Å². The van der Waals surface area contributed by atoms with Gasteiger partial charge in [-0.05, 0) is 6.42 Å². The predicted molar refractivity (Wildman–Crippen MR) is 38.4 cm³/mol. The lowest BCUT2D eigenvalue weighted by Gasteiger charge is -2.25. The third kappa shape index (κ3) is 2.64. The lowest BCUT2D eigenvalue weighted by Crippen LogP contribution is -2.41. The van der Waals surface area contributed by atoms with Crippen molar-refractivity contribution in [3.05, 3.63) is 0 Å². The first-order chi connectivity index (χ1) is 4.54. The Balaban J connectivity index is 3.82. The van der Waals surface area contributed by atoms with E-state index in [1.54, 1.807) is 6.92 Å². The number of aliphatic hydroxyl groups excluding tert-OH is 1. The summed E-state index contributed by atoms with van der Waals surface area (Å²) in [5, 5.41) is 27.2. The summed E-state index contributed by atoms with van der Waals surface area (Å²) in [7, 11) is 0. The first-order valence-electron chi connectivity index (χ1n) is 3.67. The van der Waals surface area contributed by atoms with E-state index < -0.39 is 11.9 Å². The Labute approximate surface area is 61.3 Å². The highest BCUT2D eigenvalue weighted by atomic mass is 16.5. The number of hydrogen-bond acceptors (Lipinski definition) is 3. The van der Waals surface area contributed by atoms with Crippen molar-refractivity contribution in [1.29, 1.82) is 0 Å². The van der Waals surface area contributed by atoms with Crippen LogP contribution < -0.4 is 0 Å². The summed E-state index contributed by atoms with van der Waals surface area (Å²) in [6.45, 7) is 3.55. The van der Waals surface area contributed by atoms with Gasteiger partial charge in [-0.2, -0.15) is 0 Å². The fourth-order valence-electron chi connectivity index (χ4n) is 0.861. The van der Waals surface area contributed by atoms with Crippen LogP contribution in [0.25, 0.3) is 0 Å². The molecule has 0 spiro atoms. The number of aliphatic hydroxyl groups is 3. The standard InChI is InChI=1S/C7H16O3/c1-3-5-7(9,10)6(8)4-2/h6,8-10H,3-5H2,1-2H3. The molecule has 1 atom stereocenters. The van der Waals surface area contributed by atoms with Crippen molar-refractivity contribution < 1.29 is 15.3 Å². The quantitative estimate of drug-likeness (QED) is 0.500. The van der Waals surface area contributed by atoms with Gasteiger partial charge in [-0.1, -0.05) is 20.3 Å². The normalized spacial score (nSPS) is 15.3. The average molecular weight is 148 g/mol. The Morgan fingerprint density at radius 3 is 2.10 bits per heavy atom. The van der Waals surface area contributed by atoms with Gasteiger partial charge in [0.15, 0.2) is 5.79 Å². The maximum atomic E-state index is 9.09. The summed E-state index contributed by atoms with van der Waals surface area (Å²) >= 11 is 0. The fraction of sp³-hybridized carbons (Fsp3) is 1.00. The SMILES string of the molecule is CCCC(O)(O)C(O)CC. The monoisotopic (exact) mass is 148 g/mol. The van der Waals surface area contributed by atoms with E-state index in [1.807, 2.05) is 6.92 Å². The highest BCUT2D eigenvalue weighted by molar-refractivity contribution is 4.72. The van der Waals surface area contributed by atoms with Crippen LogP contribution in [0.4, 0.5) is 0 Å². The van der Waals surface area contributed by atoms with Gasteiger partial charge in [-0.25, -0.2) is 0 Å². The van der Waals surface area contributed by atoms with E-state index in [0.717, 1.165) is 0 Å². The molecule has 0 amide bonds. The summed E-state index contributed by atoms with van der Waals surface area (Å²) in [5.74, 6) is -1.89. The van der Waals surface area contributed by atoms with Gasteiger partial charge in [-0.3, -0.25) is 0 Å². The van der Waals surface area contributed by atoms with Crippen LogP contribution >= 0.6 is 0 Å². The molecule has 3 nitrogen and oxygen atoms in total. The minimum atomic E-state index is -1.89. The zero-order valence-corrected chi connectivity index (χ0v) is 6.54. The van der Waals surface area contributed by atoms with Crippen molar-refractivity contribution in [2.75, 3.05) is 0 Å². The summed E-state index contributed by atoms with van der Waals surface area (Å²) in [4.78, 5) is 0. The molecule has 0 saturated carbocycles. The largest absolute Gasteiger partial charge is 0.388 e. The molecule has 0 heterocycles. The van der Waals surface area contributed by atoms with Crippen molar-refractivity contribution >= 4 is 0 Å². The molecule has 3 N–H and O–H groups in total. The minimum Gasteiger partial charge on any atom is -0.388 e. The van der Waals surface area contributed by atoms with Gasteiger partial charge in [0, 0.05) is 6.42 Å². The second kappa shape index (κ2) is 3.91. The van der Waals surface area contributed by atoms with Gasteiger partial charge in [0.05, 0.1) is 0 Å². The van der Waals surface area contributed by atoms with Crippen molar-refractivity contribution in [1.82, 2.24) is 0 Å². The molecule has 0 rings (SSSR count). The zero-order valence-electron chi connectivity index (χ0n) is 6.54. The molecule has 0 aliphatic rings. The summed E-state index contributed by atoms with van der Waals surface area (Å²) < 4.78 is 0.